The molecule has 4 nitrogen and oxygen atoms in total. The van der Waals surface area contributed by atoms with Crippen molar-refractivity contribution in [1.29, 1.82) is 0 Å². The first-order valence-electron chi connectivity index (χ1n) is 3.85. The zero-order valence-electron chi connectivity index (χ0n) is 6.92. The quantitative estimate of drug-likeness (QED) is 0.429. The van der Waals surface area contributed by atoms with Gasteiger partial charge < -0.3 is 4.90 Å². The molecular weight excluding hydrogens is 180 g/mol. The second kappa shape index (κ2) is 3.76. The molecule has 0 radical (unpaired) electrons. The SMILES string of the molecule is CN(C(=O)Cl)C(=O)N1CCCC1. The van der Waals surface area contributed by atoms with Gasteiger partial charge in [0, 0.05) is 20.1 Å². The van der Waals surface area contributed by atoms with E-state index in [1.165, 1.54) is 7.05 Å². The molecule has 1 saturated heterocycles. The van der Waals surface area contributed by atoms with Crippen LogP contribution < -0.4 is 0 Å². The average Bonchev–Trinajstić information content (AvgIpc) is 2.53. The van der Waals surface area contributed by atoms with Crippen molar-refractivity contribution in [3.8, 4) is 0 Å². The first kappa shape index (κ1) is 9.32. The predicted molar refractivity (Wildman–Crippen MR) is 45.2 cm³/mol. The van der Waals surface area contributed by atoms with Gasteiger partial charge in [-0.1, -0.05) is 0 Å². The number of halogens is 1. The third-order valence-corrected chi connectivity index (χ3v) is 2.18. The smallest absolute Gasteiger partial charge is 0.324 e. The van der Waals surface area contributed by atoms with Crippen molar-refractivity contribution in [2.24, 2.45) is 0 Å². The third kappa shape index (κ3) is 1.88. The normalized spacial score (nSPS) is 16.3. The minimum absolute atomic E-state index is 0.299. The van der Waals surface area contributed by atoms with E-state index in [2.05, 4.69) is 0 Å². The van der Waals surface area contributed by atoms with E-state index in [-0.39, 0.29) is 6.03 Å². The lowest BCUT2D eigenvalue weighted by atomic mass is 10.4. The summed E-state index contributed by atoms with van der Waals surface area (Å²) >= 11 is 5.14. The number of hydrogen-bond acceptors (Lipinski definition) is 2. The van der Waals surface area contributed by atoms with Crippen LogP contribution in [0.4, 0.5) is 9.59 Å². The fourth-order valence-corrected chi connectivity index (χ4v) is 1.27. The van der Waals surface area contributed by atoms with Crippen LogP contribution in [0.1, 0.15) is 12.8 Å². The largest absolute Gasteiger partial charge is 0.327 e. The summed E-state index contributed by atoms with van der Waals surface area (Å²) in [5, 5.41) is -0.730. The van der Waals surface area contributed by atoms with Gasteiger partial charge in [0.25, 0.3) is 0 Å². The minimum Gasteiger partial charge on any atom is -0.324 e. The molecule has 1 fully saturated rings. The fourth-order valence-electron chi connectivity index (χ4n) is 1.20. The maximum Gasteiger partial charge on any atom is 0.327 e. The van der Waals surface area contributed by atoms with Crippen LogP contribution in [-0.2, 0) is 0 Å². The van der Waals surface area contributed by atoms with Crippen LogP contribution in [0, 0.1) is 0 Å². The zero-order valence-corrected chi connectivity index (χ0v) is 7.67. The number of carbonyl (C=O) groups is 2. The molecule has 5 heteroatoms. The highest BCUT2D eigenvalue weighted by molar-refractivity contribution is 6.63. The summed E-state index contributed by atoms with van der Waals surface area (Å²) in [6, 6.07) is -0.299. The van der Waals surface area contributed by atoms with E-state index in [4.69, 9.17) is 11.6 Å². The number of rotatable bonds is 0. The summed E-state index contributed by atoms with van der Waals surface area (Å²) in [4.78, 5) is 24.5. The number of hydrogen-bond donors (Lipinski definition) is 0. The number of amides is 3. The first-order valence-corrected chi connectivity index (χ1v) is 4.23. The van der Waals surface area contributed by atoms with Gasteiger partial charge in [-0.05, 0) is 24.4 Å². The Balaban J connectivity index is 2.51. The van der Waals surface area contributed by atoms with Gasteiger partial charge in [0.2, 0.25) is 0 Å². The van der Waals surface area contributed by atoms with E-state index in [9.17, 15) is 9.59 Å². The summed E-state index contributed by atoms with van der Waals surface area (Å²) in [6.07, 6.45) is 2.02. The highest BCUT2D eigenvalue weighted by Crippen LogP contribution is 2.10. The minimum atomic E-state index is -0.730. The van der Waals surface area contributed by atoms with E-state index in [1.54, 1.807) is 4.90 Å². The second-order valence-corrected chi connectivity index (χ2v) is 3.11. The fraction of sp³-hybridized carbons (Fsp3) is 0.714. The topological polar surface area (TPSA) is 40.6 Å². The Morgan fingerprint density at radius 2 is 1.83 bits per heavy atom. The number of nitrogens with zero attached hydrogens (tertiary/aromatic N) is 2. The molecule has 3 amide bonds. The van der Waals surface area contributed by atoms with Crippen molar-refractivity contribution in [2.45, 2.75) is 12.8 Å². The van der Waals surface area contributed by atoms with Crippen LogP contribution in [0.2, 0.25) is 0 Å². The van der Waals surface area contributed by atoms with Crippen molar-refractivity contribution in [3.05, 3.63) is 0 Å². The average molecular weight is 191 g/mol. The van der Waals surface area contributed by atoms with E-state index in [0.29, 0.717) is 0 Å². The molecule has 0 N–H and O–H groups in total. The Morgan fingerprint density at radius 3 is 2.25 bits per heavy atom. The lowest BCUT2D eigenvalue weighted by Gasteiger charge is -2.20. The van der Waals surface area contributed by atoms with Gasteiger partial charge in [-0.25, -0.2) is 4.79 Å². The van der Waals surface area contributed by atoms with Crippen LogP contribution in [0.3, 0.4) is 0 Å². The molecule has 0 aliphatic carbocycles. The number of carbonyl (C=O) groups excluding carboxylic acids is 2. The van der Waals surface area contributed by atoms with Crippen molar-refractivity contribution in [1.82, 2.24) is 9.80 Å². The third-order valence-electron chi connectivity index (χ3n) is 1.93. The summed E-state index contributed by atoms with van der Waals surface area (Å²) < 4.78 is 0. The molecule has 0 saturated carbocycles. The Kier molecular flexibility index (Phi) is 2.92. The van der Waals surface area contributed by atoms with Crippen molar-refractivity contribution in [2.75, 3.05) is 20.1 Å². The van der Waals surface area contributed by atoms with Gasteiger partial charge in [-0.3, -0.25) is 9.69 Å². The van der Waals surface area contributed by atoms with Gasteiger partial charge in [-0.15, -0.1) is 0 Å². The van der Waals surface area contributed by atoms with Crippen LogP contribution in [0.5, 0.6) is 0 Å². The summed E-state index contributed by atoms with van der Waals surface area (Å²) in [7, 11) is 1.38. The molecule has 1 aliphatic heterocycles. The second-order valence-electron chi connectivity index (χ2n) is 2.79. The van der Waals surface area contributed by atoms with E-state index < -0.39 is 5.37 Å². The van der Waals surface area contributed by atoms with E-state index in [0.717, 1.165) is 30.8 Å². The summed E-state index contributed by atoms with van der Waals surface area (Å²) in [6.45, 7) is 1.46. The molecule has 0 aromatic heterocycles. The van der Waals surface area contributed by atoms with Crippen molar-refractivity contribution < 1.29 is 9.59 Å². The molecule has 0 atom stereocenters. The maximum atomic E-state index is 11.3. The maximum absolute atomic E-state index is 11.3. The van der Waals surface area contributed by atoms with Gasteiger partial charge in [0.15, 0.2) is 0 Å². The molecule has 68 valence electrons. The summed E-state index contributed by atoms with van der Waals surface area (Å²) in [5.41, 5.74) is 0. The van der Waals surface area contributed by atoms with Gasteiger partial charge in [-0.2, -0.15) is 0 Å². The number of likely N-dealkylation sites (tertiary alicyclic amines) is 1. The molecular formula is C7H11ClN2O2. The Labute approximate surface area is 76.1 Å². The molecule has 1 rings (SSSR count). The molecule has 12 heavy (non-hydrogen) atoms. The van der Waals surface area contributed by atoms with Gasteiger partial charge in [0.1, 0.15) is 0 Å². The van der Waals surface area contributed by atoms with Gasteiger partial charge >= 0.3 is 11.4 Å². The Bertz CT molecular complexity index is 202. The molecule has 1 heterocycles. The molecule has 0 unspecified atom stereocenters. The van der Waals surface area contributed by atoms with E-state index in [1.807, 2.05) is 0 Å². The Morgan fingerprint density at radius 1 is 1.33 bits per heavy atom. The predicted octanol–water partition coefficient (Wildman–Crippen LogP) is 1.49. The van der Waals surface area contributed by atoms with Crippen LogP contribution in [-0.4, -0.2) is 41.3 Å². The zero-order chi connectivity index (χ0) is 9.14. The van der Waals surface area contributed by atoms with Gasteiger partial charge in [0.05, 0.1) is 0 Å². The van der Waals surface area contributed by atoms with Crippen LogP contribution in [0.15, 0.2) is 0 Å². The lowest BCUT2D eigenvalue weighted by Crippen LogP contribution is -2.40. The Hall–Kier alpha value is -0.770. The molecule has 0 bridgehead atoms. The monoisotopic (exact) mass is 190 g/mol. The highest BCUT2D eigenvalue weighted by Gasteiger charge is 2.23. The van der Waals surface area contributed by atoms with Crippen LogP contribution in [0.25, 0.3) is 0 Å². The standard InChI is InChI=1S/C7H11ClN2O2/c1-9(6(8)11)7(12)10-4-2-3-5-10/h2-5H2,1H3. The van der Waals surface area contributed by atoms with E-state index >= 15 is 0 Å². The number of urea groups is 1. The molecule has 1 aliphatic rings. The summed E-state index contributed by atoms with van der Waals surface area (Å²) in [5.74, 6) is 0. The molecule has 0 aromatic rings. The first-order chi connectivity index (χ1) is 5.63. The van der Waals surface area contributed by atoms with Crippen molar-refractivity contribution >= 4 is 23.0 Å². The lowest BCUT2D eigenvalue weighted by molar-refractivity contribution is 0.178. The molecule has 0 spiro atoms. The molecule has 0 aromatic carbocycles. The van der Waals surface area contributed by atoms with Crippen LogP contribution >= 0.6 is 11.6 Å². The van der Waals surface area contributed by atoms with Crippen molar-refractivity contribution in [3.63, 3.8) is 0 Å². The highest BCUT2D eigenvalue weighted by atomic mass is 35.5. The number of imide groups is 1.